The Balaban J connectivity index is 2.12. The van der Waals surface area contributed by atoms with Crippen LogP contribution >= 0.6 is 11.6 Å². The molecule has 3 rings (SSSR count). The molecule has 0 bridgehead atoms. The van der Waals surface area contributed by atoms with Gasteiger partial charge in [0.2, 0.25) is 11.8 Å². The summed E-state index contributed by atoms with van der Waals surface area (Å²) in [5.74, 6) is 0.174. The number of likely N-dealkylation sites (N-methyl/N-ethyl adjacent to an activating group) is 1. The molecule has 232 valence electrons. The zero-order valence-electron chi connectivity index (χ0n) is 25.0. The maximum Gasteiger partial charge on any atom is 0.264 e. The van der Waals surface area contributed by atoms with E-state index in [0.717, 1.165) is 4.31 Å². The number of benzene rings is 3. The normalized spacial score (nSPS) is 11.8. The van der Waals surface area contributed by atoms with Crippen LogP contribution in [-0.2, 0) is 26.2 Å². The van der Waals surface area contributed by atoms with Gasteiger partial charge in [0.25, 0.3) is 10.0 Å². The molecule has 0 aromatic heterocycles. The highest BCUT2D eigenvalue weighted by Crippen LogP contribution is 2.33. The van der Waals surface area contributed by atoms with Crippen LogP contribution in [0.15, 0.2) is 71.6 Å². The lowest BCUT2D eigenvalue weighted by Crippen LogP contribution is -2.52. The molecule has 0 saturated carbocycles. The Morgan fingerprint density at radius 3 is 2.19 bits per heavy atom. The molecule has 0 saturated heterocycles. The average molecular weight is 632 g/mol. The summed E-state index contributed by atoms with van der Waals surface area (Å²) >= 11 is 6.43. The monoisotopic (exact) mass is 631 g/mol. The van der Waals surface area contributed by atoms with Gasteiger partial charge in [-0.05, 0) is 68.3 Å². The van der Waals surface area contributed by atoms with Crippen LogP contribution in [0.3, 0.4) is 0 Å². The highest BCUT2D eigenvalue weighted by molar-refractivity contribution is 7.92. The summed E-state index contributed by atoms with van der Waals surface area (Å²) in [6.07, 6.45) is 0.299. The minimum absolute atomic E-state index is 0.00166. The summed E-state index contributed by atoms with van der Waals surface area (Å²) in [5.41, 5.74) is 0.853. The van der Waals surface area contributed by atoms with E-state index in [0.29, 0.717) is 41.7 Å². The molecule has 0 aliphatic heterocycles. The van der Waals surface area contributed by atoms with Gasteiger partial charge < -0.3 is 24.4 Å². The molecule has 12 heteroatoms. The van der Waals surface area contributed by atoms with E-state index < -0.39 is 28.5 Å². The second kappa shape index (κ2) is 15.5. The molecule has 10 nitrogen and oxygen atoms in total. The van der Waals surface area contributed by atoms with Crippen molar-refractivity contribution in [1.82, 2.24) is 10.2 Å². The van der Waals surface area contributed by atoms with Gasteiger partial charge in [0, 0.05) is 24.2 Å². The molecule has 0 unspecified atom stereocenters. The highest BCUT2D eigenvalue weighted by Gasteiger charge is 2.34. The number of anilines is 1. The Labute approximate surface area is 258 Å². The number of hydrogen-bond donors (Lipinski definition) is 1. The number of carbonyl (C=O) groups is 2. The molecule has 0 aliphatic carbocycles. The van der Waals surface area contributed by atoms with Crippen molar-refractivity contribution in [3.63, 3.8) is 0 Å². The molecule has 3 aromatic carbocycles. The number of hydrogen-bond acceptors (Lipinski definition) is 7. The molecule has 3 aromatic rings. The van der Waals surface area contributed by atoms with Gasteiger partial charge in [-0.3, -0.25) is 13.9 Å². The van der Waals surface area contributed by atoms with Gasteiger partial charge in [0.15, 0.2) is 11.5 Å². The van der Waals surface area contributed by atoms with Crippen LogP contribution < -0.4 is 23.8 Å². The largest absolute Gasteiger partial charge is 0.494 e. The van der Waals surface area contributed by atoms with Gasteiger partial charge in [-0.15, -0.1) is 0 Å². The topological polar surface area (TPSA) is 114 Å². The summed E-state index contributed by atoms with van der Waals surface area (Å²) < 4.78 is 45.5. The zero-order valence-corrected chi connectivity index (χ0v) is 26.6. The predicted molar refractivity (Wildman–Crippen MR) is 166 cm³/mol. The lowest BCUT2D eigenvalue weighted by Gasteiger charge is -2.33. The van der Waals surface area contributed by atoms with Crippen molar-refractivity contribution in [2.75, 3.05) is 38.2 Å². The molecule has 0 spiro atoms. The Morgan fingerprint density at radius 2 is 1.60 bits per heavy atom. The number of nitrogens with zero attached hydrogens (tertiary/aromatic N) is 2. The standard InChI is InChI=1S/C31H38ClN3O7S/c1-6-27(31(37)33-7-2)34(20-22-11-9-10-12-26(22)32)30(36)21-35(23-13-15-24(16-14-23)42-8-3)43(38,39)25-17-18-28(40-4)29(19-25)41-5/h9-19,27H,6-8,20-21H2,1-5H3,(H,33,37)/t27-/m1/s1. The SMILES string of the molecule is CCNC(=O)[C@@H](CC)N(Cc1ccccc1Cl)C(=O)CN(c1ccc(OCC)cc1)S(=O)(=O)c1ccc(OC)c(OC)c1. The van der Waals surface area contributed by atoms with Crippen molar-refractivity contribution in [2.45, 2.75) is 44.7 Å². The van der Waals surface area contributed by atoms with E-state index in [1.54, 1.807) is 62.4 Å². The third kappa shape index (κ3) is 8.11. The van der Waals surface area contributed by atoms with Crippen molar-refractivity contribution >= 4 is 39.1 Å². The Bertz CT molecular complexity index is 1500. The van der Waals surface area contributed by atoms with Crippen molar-refractivity contribution in [3.05, 3.63) is 77.3 Å². The molecule has 1 N–H and O–H groups in total. The lowest BCUT2D eigenvalue weighted by molar-refractivity contribution is -0.140. The first-order valence-corrected chi connectivity index (χ1v) is 15.7. The van der Waals surface area contributed by atoms with Crippen LogP contribution in [0.4, 0.5) is 5.69 Å². The van der Waals surface area contributed by atoms with Gasteiger partial charge in [0.1, 0.15) is 18.3 Å². The molecule has 0 fully saturated rings. The summed E-state index contributed by atoms with van der Waals surface area (Å²) in [7, 11) is -1.48. The molecule has 0 aliphatic rings. The number of halogens is 1. The van der Waals surface area contributed by atoms with Crippen LogP contribution in [0.1, 0.15) is 32.8 Å². The van der Waals surface area contributed by atoms with E-state index in [4.69, 9.17) is 25.8 Å². The molecule has 43 heavy (non-hydrogen) atoms. The van der Waals surface area contributed by atoms with Gasteiger partial charge in [-0.25, -0.2) is 8.42 Å². The summed E-state index contributed by atoms with van der Waals surface area (Å²) in [6.45, 7) is 5.63. The summed E-state index contributed by atoms with van der Waals surface area (Å²) in [5, 5.41) is 3.20. The first kappa shape index (κ1) is 33.5. The van der Waals surface area contributed by atoms with Crippen molar-refractivity contribution in [2.24, 2.45) is 0 Å². The maximum absolute atomic E-state index is 14.2. The number of rotatable bonds is 15. The zero-order chi connectivity index (χ0) is 31.6. The van der Waals surface area contributed by atoms with Crippen molar-refractivity contribution < 1.29 is 32.2 Å². The van der Waals surface area contributed by atoms with Gasteiger partial charge >= 0.3 is 0 Å². The van der Waals surface area contributed by atoms with E-state index in [1.807, 2.05) is 6.92 Å². The number of methoxy groups -OCH3 is 2. The molecule has 1 atom stereocenters. The molecule has 0 radical (unpaired) electrons. The third-order valence-electron chi connectivity index (χ3n) is 6.69. The first-order valence-electron chi connectivity index (χ1n) is 13.9. The van der Waals surface area contributed by atoms with Gasteiger partial charge in [0.05, 0.1) is 31.4 Å². The van der Waals surface area contributed by atoms with Crippen LogP contribution in [0.2, 0.25) is 5.02 Å². The quantitative estimate of drug-likeness (QED) is 0.254. The van der Waals surface area contributed by atoms with E-state index in [1.165, 1.54) is 37.3 Å². The van der Waals surface area contributed by atoms with Crippen LogP contribution in [-0.4, -0.2) is 65.1 Å². The third-order valence-corrected chi connectivity index (χ3v) is 8.83. The fourth-order valence-electron chi connectivity index (χ4n) is 4.53. The van der Waals surface area contributed by atoms with Crippen LogP contribution in [0.5, 0.6) is 17.2 Å². The molecule has 2 amide bonds. The van der Waals surface area contributed by atoms with E-state index >= 15 is 0 Å². The average Bonchev–Trinajstić information content (AvgIpc) is 3.00. The fraction of sp³-hybridized carbons (Fsp3) is 0.355. The predicted octanol–water partition coefficient (Wildman–Crippen LogP) is 4.89. The molecule has 0 heterocycles. The summed E-state index contributed by atoms with van der Waals surface area (Å²) in [6, 6.07) is 16.7. The van der Waals surface area contributed by atoms with E-state index in [9.17, 15) is 18.0 Å². The summed E-state index contributed by atoms with van der Waals surface area (Å²) in [4.78, 5) is 28.5. The smallest absolute Gasteiger partial charge is 0.264 e. The van der Waals surface area contributed by atoms with Gasteiger partial charge in [-0.2, -0.15) is 0 Å². The minimum atomic E-state index is -4.33. The second-order valence-corrected chi connectivity index (χ2v) is 11.7. The van der Waals surface area contributed by atoms with Crippen LogP contribution in [0.25, 0.3) is 0 Å². The molecular formula is C31H38ClN3O7S. The Hall–Kier alpha value is -3.96. The van der Waals surface area contributed by atoms with Gasteiger partial charge in [-0.1, -0.05) is 36.7 Å². The fourth-order valence-corrected chi connectivity index (χ4v) is 6.16. The molecular weight excluding hydrogens is 594 g/mol. The minimum Gasteiger partial charge on any atom is -0.494 e. The number of sulfonamides is 1. The first-order chi connectivity index (χ1) is 20.6. The van der Waals surface area contributed by atoms with Crippen molar-refractivity contribution in [1.29, 1.82) is 0 Å². The Kier molecular flexibility index (Phi) is 12.1. The number of nitrogens with one attached hydrogen (secondary N) is 1. The van der Waals surface area contributed by atoms with E-state index in [-0.39, 0.29) is 28.8 Å². The second-order valence-electron chi connectivity index (χ2n) is 9.39. The number of carbonyl (C=O) groups excluding carboxylic acids is 2. The number of ether oxygens (including phenoxy) is 3. The highest BCUT2D eigenvalue weighted by atomic mass is 35.5. The number of amides is 2. The van der Waals surface area contributed by atoms with Crippen LogP contribution in [0, 0.1) is 0 Å². The van der Waals surface area contributed by atoms with Crippen molar-refractivity contribution in [3.8, 4) is 17.2 Å². The van der Waals surface area contributed by atoms with E-state index in [2.05, 4.69) is 5.32 Å². The maximum atomic E-state index is 14.2. The Morgan fingerprint density at radius 1 is 0.930 bits per heavy atom. The lowest BCUT2D eigenvalue weighted by atomic mass is 10.1.